The van der Waals surface area contributed by atoms with Crippen molar-refractivity contribution in [3.05, 3.63) is 47.7 Å². The number of carbonyl (C=O) groups excluding carboxylic acids is 2. The highest BCUT2D eigenvalue weighted by atomic mass is 16.8. The van der Waals surface area contributed by atoms with Gasteiger partial charge in [-0.15, -0.1) is 0 Å². The predicted molar refractivity (Wildman–Crippen MR) is 134 cm³/mol. The van der Waals surface area contributed by atoms with Gasteiger partial charge in [-0.3, -0.25) is 0 Å². The first-order chi connectivity index (χ1) is 19.1. The zero-order valence-electron chi connectivity index (χ0n) is 22.1. The highest BCUT2D eigenvalue weighted by molar-refractivity contribution is 5.89. The molecule has 0 aromatic heterocycles. The molecule has 2 heterocycles. The average Bonchev–Trinajstić information content (AvgIpc) is 3.20. The van der Waals surface area contributed by atoms with Gasteiger partial charge < -0.3 is 54.0 Å². The number of ether oxygens (including phenoxy) is 6. The molecular weight excluding hydrogens is 532 g/mol. The molecule has 1 saturated heterocycles. The van der Waals surface area contributed by atoms with Crippen LogP contribution in [0.5, 0.6) is 5.75 Å². The molecule has 2 fully saturated rings. The van der Waals surface area contributed by atoms with Gasteiger partial charge in [-0.25, -0.2) is 9.59 Å². The van der Waals surface area contributed by atoms with E-state index in [2.05, 4.69) is 0 Å². The van der Waals surface area contributed by atoms with Gasteiger partial charge in [0.15, 0.2) is 6.29 Å². The van der Waals surface area contributed by atoms with Crippen LogP contribution in [0.15, 0.2) is 42.2 Å². The maximum absolute atomic E-state index is 12.2. The fourth-order valence-corrected chi connectivity index (χ4v) is 5.24. The standard InChI is InChI=1S/C27H34O13/c1-12-18-19(22(31)20(12)29)15(25(34)36-3)10-38-26(18)40-27-24(33)23(32)21(30)16(39-27)11-37-17(28)9-6-13-4-7-14(35-2)8-5-13/h4-10,12,16,18-24,26-27,29-33H,11H2,1-3H3/b9-6+/t12-,16-,18-,19-,20-,21-,22+,23+,24+,26+,27+/m1/s1. The van der Waals surface area contributed by atoms with Crippen molar-refractivity contribution in [2.45, 2.75) is 56.1 Å². The fraction of sp³-hybridized carbons (Fsp3) is 0.556. The molecule has 13 nitrogen and oxygen atoms in total. The van der Waals surface area contributed by atoms with Crippen LogP contribution in [0.4, 0.5) is 0 Å². The number of hydrogen-bond donors (Lipinski definition) is 5. The first kappa shape index (κ1) is 29.9. The molecule has 11 atom stereocenters. The Morgan fingerprint density at radius 3 is 2.27 bits per heavy atom. The summed E-state index contributed by atoms with van der Waals surface area (Å²) in [5.74, 6) is -3.10. The summed E-state index contributed by atoms with van der Waals surface area (Å²) < 4.78 is 32.1. The Labute approximate surface area is 230 Å². The molecule has 1 aromatic rings. The van der Waals surface area contributed by atoms with Gasteiger partial charge in [0.05, 0.1) is 38.3 Å². The minimum Gasteiger partial charge on any atom is -0.497 e. The summed E-state index contributed by atoms with van der Waals surface area (Å²) in [7, 11) is 2.71. The average molecular weight is 567 g/mol. The van der Waals surface area contributed by atoms with Crippen molar-refractivity contribution >= 4 is 18.0 Å². The van der Waals surface area contributed by atoms with E-state index in [0.717, 1.165) is 6.26 Å². The number of fused-ring (bicyclic) bond motifs is 1. The number of aliphatic hydroxyl groups is 5. The van der Waals surface area contributed by atoms with Crippen molar-refractivity contribution < 1.29 is 63.5 Å². The second-order valence-corrected chi connectivity index (χ2v) is 9.90. The summed E-state index contributed by atoms with van der Waals surface area (Å²) in [6.45, 7) is 1.16. The molecule has 0 unspecified atom stereocenters. The second kappa shape index (κ2) is 12.6. The van der Waals surface area contributed by atoms with E-state index in [1.807, 2.05) is 0 Å². The summed E-state index contributed by atoms with van der Waals surface area (Å²) in [5.41, 5.74) is 0.724. The molecule has 1 aliphatic carbocycles. The quantitative estimate of drug-likeness (QED) is 0.192. The Balaban J connectivity index is 1.42. The summed E-state index contributed by atoms with van der Waals surface area (Å²) in [4.78, 5) is 24.5. The Bertz CT molecular complexity index is 1100. The Kier molecular flexibility index (Phi) is 9.46. The topological polar surface area (TPSA) is 191 Å². The van der Waals surface area contributed by atoms with Crippen molar-refractivity contribution in [2.75, 3.05) is 20.8 Å². The molecule has 1 saturated carbocycles. The van der Waals surface area contributed by atoms with Crippen LogP contribution in [-0.2, 0) is 33.3 Å². The molecule has 3 aliphatic rings. The molecule has 13 heteroatoms. The highest BCUT2D eigenvalue weighted by Gasteiger charge is 2.57. The highest BCUT2D eigenvalue weighted by Crippen LogP contribution is 2.47. The summed E-state index contributed by atoms with van der Waals surface area (Å²) in [6, 6.07) is 6.92. The van der Waals surface area contributed by atoms with Crippen LogP contribution in [0.1, 0.15) is 12.5 Å². The normalized spacial score (nSPS) is 37.3. The number of aliphatic hydroxyl groups excluding tert-OH is 5. The molecule has 0 radical (unpaired) electrons. The minimum atomic E-state index is -1.73. The van der Waals surface area contributed by atoms with E-state index in [9.17, 15) is 35.1 Å². The van der Waals surface area contributed by atoms with Crippen LogP contribution in [0, 0.1) is 17.8 Å². The molecule has 5 N–H and O–H groups in total. The van der Waals surface area contributed by atoms with Crippen LogP contribution < -0.4 is 4.74 Å². The van der Waals surface area contributed by atoms with Gasteiger partial charge in [0, 0.05) is 17.9 Å². The van der Waals surface area contributed by atoms with Crippen LogP contribution in [0.2, 0.25) is 0 Å². The molecule has 0 spiro atoms. The smallest absolute Gasteiger partial charge is 0.337 e. The predicted octanol–water partition coefficient (Wildman–Crippen LogP) is -0.907. The third-order valence-corrected chi connectivity index (χ3v) is 7.56. The minimum absolute atomic E-state index is 0.0105. The lowest BCUT2D eigenvalue weighted by Crippen LogP contribution is -2.60. The number of methoxy groups -OCH3 is 2. The maximum Gasteiger partial charge on any atom is 0.337 e. The molecular formula is C27H34O13. The van der Waals surface area contributed by atoms with Crippen molar-refractivity contribution in [1.82, 2.24) is 0 Å². The van der Waals surface area contributed by atoms with Gasteiger partial charge in [0.25, 0.3) is 0 Å². The van der Waals surface area contributed by atoms with E-state index >= 15 is 0 Å². The van der Waals surface area contributed by atoms with Crippen LogP contribution in [0.3, 0.4) is 0 Å². The van der Waals surface area contributed by atoms with E-state index < -0.39 is 85.5 Å². The van der Waals surface area contributed by atoms with Crippen LogP contribution in [0.25, 0.3) is 6.08 Å². The van der Waals surface area contributed by atoms with Gasteiger partial charge in [0.2, 0.25) is 6.29 Å². The first-order valence-corrected chi connectivity index (χ1v) is 12.7. The van der Waals surface area contributed by atoms with E-state index in [1.54, 1.807) is 31.2 Å². The van der Waals surface area contributed by atoms with E-state index in [-0.39, 0.29) is 5.57 Å². The van der Waals surface area contributed by atoms with Gasteiger partial charge in [0.1, 0.15) is 36.8 Å². The first-order valence-electron chi connectivity index (χ1n) is 12.7. The Morgan fingerprint density at radius 1 is 0.925 bits per heavy atom. The van der Waals surface area contributed by atoms with Crippen molar-refractivity contribution in [2.24, 2.45) is 17.8 Å². The van der Waals surface area contributed by atoms with E-state index in [1.165, 1.54) is 26.4 Å². The number of rotatable bonds is 8. The molecule has 2 aliphatic heterocycles. The third-order valence-electron chi connectivity index (χ3n) is 7.56. The van der Waals surface area contributed by atoms with Crippen molar-refractivity contribution in [3.8, 4) is 5.75 Å². The summed E-state index contributed by atoms with van der Waals surface area (Å²) >= 11 is 0. The lowest BCUT2D eigenvalue weighted by Gasteiger charge is -2.43. The monoisotopic (exact) mass is 566 g/mol. The van der Waals surface area contributed by atoms with E-state index in [0.29, 0.717) is 11.3 Å². The number of benzene rings is 1. The molecule has 220 valence electrons. The zero-order valence-corrected chi connectivity index (χ0v) is 22.1. The molecule has 4 rings (SSSR count). The van der Waals surface area contributed by atoms with Gasteiger partial charge in [-0.2, -0.15) is 0 Å². The maximum atomic E-state index is 12.2. The van der Waals surface area contributed by atoms with Crippen LogP contribution in [-0.4, -0.2) is 108 Å². The fourth-order valence-electron chi connectivity index (χ4n) is 5.24. The number of carbonyl (C=O) groups is 2. The Morgan fingerprint density at radius 2 is 1.62 bits per heavy atom. The number of esters is 2. The largest absolute Gasteiger partial charge is 0.497 e. The van der Waals surface area contributed by atoms with Gasteiger partial charge in [-0.05, 0) is 29.7 Å². The SMILES string of the molecule is COC(=O)C1=CO[C@@H](O[C@@H]2O[C@H](COC(=O)/C=C/c3ccc(OC)cc3)[C@@H](O)[C@H](O)[C@@H]2O)[C@@H]2[C@@H](C)[C@@H](O)[C@@H](O)[C@H]12. The molecule has 40 heavy (non-hydrogen) atoms. The Hall–Kier alpha value is -3.04. The lowest BCUT2D eigenvalue weighted by atomic mass is 9.82. The zero-order chi connectivity index (χ0) is 29.1. The van der Waals surface area contributed by atoms with Crippen LogP contribution >= 0.6 is 0 Å². The molecule has 1 aromatic carbocycles. The van der Waals surface area contributed by atoms with Gasteiger partial charge >= 0.3 is 11.9 Å². The van der Waals surface area contributed by atoms with Crippen molar-refractivity contribution in [3.63, 3.8) is 0 Å². The summed E-state index contributed by atoms with van der Waals surface area (Å²) in [6.07, 6.45) is -7.91. The van der Waals surface area contributed by atoms with Crippen molar-refractivity contribution in [1.29, 1.82) is 0 Å². The lowest BCUT2D eigenvalue weighted by molar-refractivity contribution is -0.343. The summed E-state index contributed by atoms with van der Waals surface area (Å²) in [5, 5.41) is 52.5. The van der Waals surface area contributed by atoms with Gasteiger partial charge in [-0.1, -0.05) is 19.1 Å². The molecule has 0 amide bonds. The van der Waals surface area contributed by atoms with E-state index in [4.69, 9.17) is 28.4 Å². The second-order valence-electron chi connectivity index (χ2n) is 9.90. The third kappa shape index (κ3) is 6.00. The molecule has 0 bridgehead atoms. The number of hydrogen-bond acceptors (Lipinski definition) is 13.